The smallest absolute Gasteiger partial charge is 0.164 e. The zero-order valence-corrected chi connectivity index (χ0v) is 29.0. The zero-order valence-electron chi connectivity index (χ0n) is 31.0. The van der Waals surface area contributed by atoms with E-state index in [1.54, 1.807) is 0 Å². The molecule has 1 aromatic heterocycles. The van der Waals surface area contributed by atoms with E-state index in [4.69, 9.17) is 15.0 Å². The zero-order chi connectivity index (χ0) is 36.1. The molecular formula is C49H39N3. The average molecular weight is 672 g/mol. The topological polar surface area (TPSA) is 38.7 Å². The van der Waals surface area contributed by atoms with E-state index in [-0.39, 0.29) is 0 Å². The third-order valence-electron chi connectivity index (χ3n) is 12.3. The highest BCUT2D eigenvalue weighted by molar-refractivity contribution is 5.85. The molecule has 6 aromatic carbocycles. The van der Waals surface area contributed by atoms with Crippen LogP contribution in [0.1, 0.15) is 46.0 Å². The fraction of sp³-hybridized carbons (Fsp3) is 0.204. The van der Waals surface area contributed by atoms with E-state index in [0.717, 1.165) is 64.6 Å². The molecule has 5 aliphatic carbocycles. The second-order valence-electron chi connectivity index (χ2n) is 15.2. The Hall–Kier alpha value is -5.67. The lowest BCUT2D eigenvalue weighted by Crippen LogP contribution is -2.55. The Morgan fingerprint density at radius 3 is 1.42 bits per heavy atom. The quantitative estimate of drug-likeness (QED) is 0.183. The fourth-order valence-electron chi connectivity index (χ4n) is 10.2. The van der Waals surface area contributed by atoms with Crippen molar-refractivity contribution in [3.63, 3.8) is 0 Å². The van der Waals surface area contributed by atoms with E-state index >= 15 is 0 Å². The van der Waals surface area contributed by atoms with E-state index in [2.05, 4.69) is 91.0 Å². The summed E-state index contributed by atoms with van der Waals surface area (Å²) in [6.45, 7) is 0. The number of rotatable bonds is 5. The van der Waals surface area contributed by atoms with Crippen LogP contribution in [0.3, 0.4) is 0 Å². The van der Waals surface area contributed by atoms with Gasteiger partial charge in [-0.2, -0.15) is 0 Å². The monoisotopic (exact) mass is 671 g/mol. The van der Waals surface area contributed by atoms with Crippen LogP contribution >= 0.6 is 0 Å². The van der Waals surface area contributed by atoms with Crippen molar-refractivity contribution in [3.05, 3.63) is 163 Å². The van der Waals surface area contributed by atoms with Gasteiger partial charge < -0.3 is 0 Å². The minimum Gasteiger partial charge on any atom is -0.208 e. The van der Waals surface area contributed by atoms with Crippen molar-refractivity contribution in [1.29, 1.82) is 0 Å². The Bertz CT molecular complexity index is 2510. The van der Waals surface area contributed by atoms with Crippen molar-refractivity contribution in [1.82, 2.24) is 15.0 Å². The first kappa shape index (κ1) is 28.0. The van der Waals surface area contributed by atoms with Crippen LogP contribution in [0.5, 0.6) is 0 Å². The van der Waals surface area contributed by atoms with Gasteiger partial charge in [0.2, 0.25) is 0 Å². The number of benzene rings is 6. The van der Waals surface area contributed by atoms with Gasteiger partial charge in [0.05, 0.1) is 0 Å². The van der Waals surface area contributed by atoms with E-state index in [1.807, 2.05) is 60.7 Å². The molecule has 250 valence electrons. The van der Waals surface area contributed by atoms with Gasteiger partial charge in [0, 0.05) is 24.8 Å². The Balaban J connectivity index is 1.00. The van der Waals surface area contributed by atoms with Crippen molar-refractivity contribution in [2.45, 2.75) is 37.5 Å². The molecule has 0 unspecified atom stereocenters. The predicted molar refractivity (Wildman–Crippen MR) is 210 cm³/mol. The molecule has 3 nitrogen and oxygen atoms in total. The SMILES string of the molecule is [2H]C12CC3CC(C1)CC([2H])(C3)C21c2ccccc2-c2ccc(-c3cccc(-c4cccc(-c5nc(-c6ccccc6)nc(-c6ccccc6)n5)c4)c3)cc21. The maximum atomic E-state index is 10.2. The maximum absolute atomic E-state index is 10.2. The van der Waals surface area contributed by atoms with E-state index < -0.39 is 17.2 Å². The summed E-state index contributed by atoms with van der Waals surface area (Å²) in [6, 6.07) is 53.0. The molecule has 1 spiro atoms. The Kier molecular flexibility index (Phi) is 6.28. The summed E-state index contributed by atoms with van der Waals surface area (Å²) in [5.41, 5.74) is 11.5. The first-order valence-electron chi connectivity index (χ1n) is 19.7. The van der Waals surface area contributed by atoms with Gasteiger partial charge in [-0.15, -0.1) is 0 Å². The number of hydrogen-bond donors (Lipinski definition) is 0. The normalized spacial score (nSPS) is 26.8. The molecule has 1 heterocycles. The van der Waals surface area contributed by atoms with Crippen LogP contribution in [0, 0.1) is 23.6 Å². The second-order valence-corrected chi connectivity index (χ2v) is 15.2. The molecular weight excluding hydrogens is 631 g/mol. The largest absolute Gasteiger partial charge is 0.208 e. The summed E-state index contributed by atoms with van der Waals surface area (Å²) in [5.74, 6) is 1.58. The molecule has 3 heteroatoms. The molecule has 0 N–H and O–H groups in total. The predicted octanol–water partition coefficient (Wildman–Crippen LogP) is 11.9. The van der Waals surface area contributed by atoms with Crippen molar-refractivity contribution in [2.24, 2.45) is 23.6 Å². The van der Waals surface area contributed by atoms with Gasteiger partial charge >= 0.3 is 0 Å². The van der Waals surface area contributed by atoms with Crippen LogP contribution in [0.15, 0.2) is 152 Å². The summed E-state index contributed by atoms with van der Waals surface area (Å²) < 4.78 is 20.5. The molecule has 12 rings (SSSR count). The molecule has 0 saturated heterocycles. The third kappa shape index (κ3) is 4.61. The maximum Gasteiger partial charge on any atom is 0.164 e. The van der Waals surface area contributed by atoms with Crippen LogP contribution in [-0.2, 0) is 5.41 Å². The molecule has 4 fully saturated rings. The third-order valence-corrected chi connectivity index (χ3v) is 12.3. The number of nitrogens with zero attached hydrogens (tertiary/aromatic N) is 3. The average Bonchev–Trinajstić information content (AvgIpc) is 3.52. The summed E-state index contributed by atoms with van der Waals surface area (Å²) in [4.78, 5) is 14.8. The first-order chi connectivity index (χ1) is 26.4. The first-order valence-corrected chi connectivity index (χ1v) is 18.7. The van der Waals surface area contributed by atoms with Crippen LogP contribution in [0.2, 0.25) is 0 Å². The van der Waals surface area contributed by atoms with E-state index in [0.29, 0.717) is 29.3 Å². The van der Waals surface area contributed by atoms with Gasteiger partial charge in [0.25, 0.3) is 0 Å². The van der Waals surface area contributed by atoms with Crippen LogP contribution in [0.25, 0.3) is 67.5 Å². The molecule has 0 atom stereocenters. The van der Waals surface area contributed by atoms with Gasteiger partial charge in [-0.05, 0) is 118 Å². The Morgan fingerprint density at radius 1 is 0.385 bits per heavy atom. The van der Waals surface area contributed by atoms with Crippen LogP contribution in [0.4, 0.5) is 0 Å². The second kappa shape index (κ2) is 11.7. The van der Waals surface area contributed by atoms with Gasteiger partial charge in [0.1, 0.15) is 0 Å². The van der Waals surface area contributed by atoms with Crippen molar-refractivity contribution in [2.75, 3.05) is 0 Å². The number of aromatic nitrogens is 3. The van der Waals surface area contributed by atoms with Crippen molar-refractivity contribution < 1.29 is 2.74 Å². The highest BCUT2D eigenvalue weighted by atomic mass is 15.0. The molecule has 5 aliphatic rings. The van der Waals surface area contributed by atoms with E-state index in [9.17, 15) is 2.74 Å². The molecule has 4 saturated carbocycles. The van der Waals surface area contributed by atoms with E-state index in [1.165, 1.54) is 28.7 Å². The molecule has 7 aromatic rings. The highest BCUT2D eigenvalue weighted by Gasteiger charge is 2.61. The lowest BCUT2D eigenvalue weighted by atomic mass is 9.43. The summed E-state index contributed by atoms with van der Waals surface area (Å²) in [6.07, 6.45) is 4.79. The van der Waals surface area contributed by atoms with Crippen LogP contribution in [-0.4, -0.2) is 15.0 Å². The fourth-order valence-corrected chi connectivity index (χ4v) is 10.2. The molecule has 52 heavy (non-hydrogen) atoms. The highest BCUT2D eigenvalue weighted by Crippen LogP contribution is 2.69. The van der Waals surface area contributed by atoms with Gasteiger partial charge in [-0.3, -0.25) is 0 Å². The van der Waals surface area contributed by atoms with Gasteiger partial charge in [-0.1, -0.05) is 133 Å². The Morgan fingerprint density at radius 2 is 0.827 bits per heavy atom. The summed E-state index contributed by atoms with van der Waals surface area (Å²) >= 11 is 0. The van der Waals surface area contributed by atoms with Gasteiger partial charge in [0.15, 0.2) is 17.5 Å². The lowest BCUT2D eigenvalue weighted by Gasteiger charge is -2.61. The van der Waals surface area contributed by atoms with Crippen LogP contribution < -0.4 is 0 Å². The molecule has 0 aliphatic heterocycles. The summed E-state index contributed by atoms with van der Waals surface area (Å²) in [7, 11) is 0. The lowest BCUT2D eigenvalue weighted by molar-refractivity contribution is -0.0399. The standard InChI is InChI=1S/C49H39N3/c1-3-11-33(12-4-1)46-50-47(34-13-5-2-6-14-34)52-48(51-46)39-18-10-17-37(29-39)35-15-9-16-36(28-35)38-21-22-43-42-19-7-8-20-44(42)49(45(43)30-38)40-24-31-23-32(26-40)27-41(49)25-31/h1-22,28-32,40-41H,23-27H2/i40D,41D. The number of fused-ring (bicyclic) bond motifs is 3. The minimum atomic E-state index is -0.670. The van der Waals surface area contributed by atoms with Gasteiger partial charge in [-0.25, -0.2) is 15.0 Å². The molecule has 0 amide bonds. The number of hydrogen-bond acceptors (Lipinski definition) is 3. The summed E-state index contributed by atoms with van der Waals surface area (Å²) in [5, 5.41) is 0. The van der Waals surface area contributed by atoms with Crippen molar-refractivity contribution >= 4 is 0 Å². The Labute approximate surface area is 308 Å². The van der Waals surface area contributed by atoms with Crippen molar-refractivity contribution in [3.8, 4) is 67.5 Å². The minimum absolute atomic E-state index is 0.498. The molecule has 4 bridgehead atoms. The molecule has 0 radical (unpaired) electrons.